The molecule has 3 N–H and O–H groups in total. The van der Waals surface area contributed by atoms with Crippen LogP contribution in [-0.2, 0) is 0 Å². The SMILES string of the molecule is Cc1cc(C(=O)Nc2nnc(N)s2)c(C)nn1. The number of carbonyl (C=O) groups excluding carboxylic acids is 1. The highest BCUT2D eigenvalue weighted by molar-refractivity contribution is 7.19. The molecule has 0 saturated carbocycles. The number of hydrogen-bond donors (Lipinski definition) is 2. The Hall–Kier alpha value is -2.09. The summed E-state index contributed by atoms with van der Waals surface area (Å²) in [6.45, 7) is 3.49. The first-order chi connectivity index (χ1) is 8.06. The van der Waals surface area contributed by atoms with E-state index in [0.717, 1.165) is 11.3 Å². The fourth-order valence-corrected chi connectivity index (χ4v) is 1.73. The molecule has 0 unspecified atom stereocenters. The number of nitrogens with zero attached hydrogens (tertiary/aromatic N) is 4. The standard InChI is InChI=1S/C9H10N6OS/c1-4-3-6(5(2)13-12-4)7(16)11-9-15-14-8(10)17-9/h3H,1-2H3,(H2,10,14)(H,11,15,16). The third-order valence-corrected chi connectivity index (χ3v) is 2.67. The molecule has 0 aliphatic carbocycles. The van der Waals surface area contributed by atoms with Gasteiger partial charge in [-0.3, -0.25) is 10.1 Å². The van der Waals surface area contributed by atoms with Gasteiger partial charge in [0.15, 0.2) is 0 Å². The summed E-state index contributed by atoms with van der Waals surface area (Å²) in [4.78, 5) is 11.9. The van der Waals surface area contributed by atoms with E-state index in [1.807, 2.05) is 0 Å². The zero-order chi connectivity index (χ0) is 12.4. The topological polar surface area (TPSA) is 107 Å². The number of nitrogen functional groups attached to an aromatic ring is 1. The molecule has 0 aliphatic heterocycles. The summed E-state index contributed by atoms with van der Waals surface area (Å²) in [5, 5.41) is 18.3. The van der Waals surface area contributed by atoms with E-state index in [1.165, 1.54) is 0 Å². The van der Waals surface area contributed by atoms with Gasteiger partial charge in [0, 0.05) is 0 Å². The molecule has 0 spiro atoms. The zero-order valence-corrected chi connectivity index (χ0v) is 10.1. The molecular weight excluding hydrogens is 240 g/mol. The van der Waals surface area contributed by atoms with Gasteiger partial charge in [0.1, 0.15) is 0 Å². The highest BCUT2D eigenvalue weighted by atomic mass is 32.1. The smallest absolute Gasteiger partial charge is 0.259 e. The van der Waals surface area contributed by atoms with Gasteiger partial charge in [0.2, 0.25) is 10.3 Å². The number of aryl methyl sites for hydroxylation is 2. The Balaban J connectivity index is 2.22. The van der Waals surface area contributed by atoms with Crippen molar-refractivity contribution >= 4 is 27.5 Å². The monoisotopic (exact) mass is 250 g/mol. The second-order valence-electron chi connectivity index (χ2n) is 3.38. The van der Waals surface area contributed by atoms with Crippen LogP contribution in [0.1, 0.15) is 21.7 Å². The van der Waals surface area contributed by atoms with Crippen molar-refractivity contribution in [3.63, 3.8) is 0 Å². The minimum atomic E-state index is -0.295. The number of nitrogens with one attached hydrogen (secondary N) is 1. The molecule has 17 heavy (non-hydrogen) atoms. The van der Waals surface area contributed by atoms with Gasteiger partial charge < -0.3 is 5.73 Å². The van der Waals surface area contributed by atoms with Crippen LogP contribution in [0.15, 0.2) is 6.07 Å². The van der Waals surface area contributed by atoms with Gasteiger partial charge in [0.25, 0.3) is 5.91 Å². The van der Waals surface area contributed by atoms with Crippen molar-refractivity contribution in [2.75, 3.05) is 11.1 Å². The molecule has 7 nitrogen and oxygen atoms in total. The minimum absolute atomic E-state index is 0.295. The molecule has 0 aromatic carbocycles. The van der Waals surface area contributed by atoms with E-state index in [-0.39, 0.29) is 5.91 Å². The lowest BCUT2D eigenvalue weighted by molar-refractivity contribution is 0.102. The fraction of sp³-hybridized carbons (Fsp3) is 0.222. The maximum absolute atomic E-state index is 11.9. The lowest BCUT2D eigenvalue weighted by Gasteiger charge is -2.04. The Morgan fingerprint density at radius 3 is 2.71 bits per heavy atom. The summed E-state index contributed by atoms with van der Waals surface area (Å²) in [5.74, 6) is -0.295. The predicted molar refractivity (Wildman–Crippen MR) is 63.8 cm³/mol. The van der Waals surface area contributed by atoms with Gasteiger partial charge >= 0.3 is 0 Å². The number of anilines is 2. The van der Waals surface area contributed by atoms with Crippen LogP contribution in [0.4, 0.5) is 10.3 Å². The molecular formula is C9H10N6OS. The molecule has 0 radical (unpaired) electrons. The van der Waals surface area contributed by atoms with Crippen molar-refractivity contribution in [2.24, 2.45) is 0 Å². The first kappa shape index (κ1) is 11.4. The average Bonchev–Trinajstić information content (AvgIpc) is 2.67. The van der Waals surface area contributed by atoms with E-state index in [0.29, 0.717) is 27.2 Å². The van der Waals surface area contributed by atoms with Crippen LogP contribution < -0.4 is 11.1 Å². The highest BCUT2D eigenvalue weighted by Gasteiger charge is 2.13. The van der Waals surface area contributed by atoms with E-state index in [2.05, 4.69) is 25.7 Å². The van der Waals surface area contributed by atoms with Crippen molar-refractivity contribution in [3.05, 3.63) is 23.0 Å². The van der Waals surface area contributed by atoms with Gasteiger partial charge in [-0.05, 0) is 19.9 Å². The Labute approximate surface area is 101 Å². The van der Waals surface area contributed by atoms with Crippen LogP contribution in [0.3, 0.4) is 0 Å². The number of carbonyl (C=O) groups is 1. The minimum Gasteiger partial charge on any atom is -0.374 e. The fourth-order valence-electron chi connectivity index (χ4n) is 1.23. The first-order valence-electron chi connectivity index (χ1n) is 4.77. The lowest BCUT2D eigenvalue weighted by atomic mass is 10.2. The summed E-state index contributed by atoms with van der Waals surface area (Å²) >= 11 is 1.11. The molecule has 0 atom stereocenters. The van der Waals surface area contributed by atoms with E-state index >= 15 is 0 Å². The molecule has 0 saturated heterocycles. The van der Waals surface area contributed by atoms with Crippen molar-refractivity contribution in [3.8, 4) is 0 Å². The van der Waals surface area contributed by atoms with E-state index in [1.54, 1.807) is 19.9 Å². The largest absolute Gasteiger partial charge is 0.374 e. The molecule has 2 aromatic heterocycles. The number of hydrogen-bond acceptors (Lipinski definition) is 7. The van der Waals surface area contributed by atoms with Gasteiger partial charge in [-0.25, -0.2) is 0 Å². The number of rotatable bonds is 2. The van der Waals surface area contributed by atoms with Gasteiger partial charge in [0.05, 0.1) is 17.0 Å². The third-order valence-electron chi connectivity index (χ3n) is 2.01. The maximum Gasteiger partial charge on any atom is 0.259 e. The number of aromatic nitrogens is 4. The molecule has 88 valence electrons. The van der Waals surface area contributed by atoms with Gasteiger partial charge in [-0.15, -0.1) is 10.2 Å². The summed E-state index contributed by atoms with van der Waals surface area (Å²) < 4.78 is 0. The summed E-state index contributed by atoms with van der Waals surface area (Å²) in [7, 11) is 0. The number of amides is 1. The van der Waals surface area contributed by atoms with E-state index in [4.69, 9.17) is 5.73 Å². The molecule has 0 bridgehead atoms. The second kappa shape index (κ2) is 4.42. The van der Waals surface area contributed by atoms with Crippen LogP contribution in [0.25, 0.3) is 0 Å². The highest BCUT2D eigenvalue weighted by Crippen LogP contribution is 2.17. The normalized spacial score (nSPS) is 10.2. The molecule has 8 heteroatoms. The Kier molecular flexibility index (Phi) is 2.96. The first-order valence-corrected chi connectivity index (χ1v) is 5.59. The Bertz CT molecular complexity index is 566. The van der Waals surface area contributed by atoms with Crippen molar-refractivity contribution < 1.29 is 4.79 Å². The summed E-state index contributed by atoms with van der Waals surface area (Å²) in [5.41, 5.74) is 7.12. The Morgan fingerprint density at radius 2 is 2.06 bits per heavy atom. The second-order valence-corrected chi connectivity index (χ2v) is 4.39. The van der Waals surface area contributed by atoms with Crippen molar-refractivity contribution in [2.45, 2.75) is 13.8 Å². The number of nitrogens with two attached hydrogens (primary N) is 1. The third kappa shape index (κ3) is 2.53. The zero-order valence-electron chi connectivity index (χ0n) is 9.26. The van der Waals surface area contributed by atoms with E-state index in [9.17, 15) is 4.79 Å². The molecule has 0 aliphatic rings. The predicted octanol–water partition coefficient (Wildman–Crippen LogP) is 0.779. The van der Waals surface area contributed by atoms with Crippen LogP contribution in [0.5, 0.6) is 0 Å². The van der Waals surface area contributed by atoms with E-state index < -0.39 is 0 Å². The summed E-state index contributed by atoms with van der Waals surface area (Å²) in [6, 6.07) is 1.67. The van der Waals surface area contributed by atoms with Gasteiger partial charge in [-0.2, -0.15) is 10.2 Å². The average molecular weight is 250 g/mol. The molecule has 2 heterocycles. The quantitative estimate of drug-likeness (QED) is 0.815. The van der Waals surface area contributed by atoms with Crippen LogP contribution in [-0.4, -0.2) is 26.3 Å². The molecule has 0 fully saturated rings. The lowest BCUT2D eigenvalue weighted by Crippen LogP contribution is -2.15. The van der Waals surface area contributed by atoms with Gasteiger partial charge in [-0.1, -0.05) is 11.3 Å². The van der Waals surface area contributed by atoms with Crippen molar-refractivity contribution in [1.82, 2.24) is 20.4 Å². The maximum atomic E-state index is 11.9. The molecule has 1 amide bonds. The van der Waals surface area contributed by atoms with Crippen LogP contribution >= 0.6 is 11.3 Å². The Morgan fingerprint density at radius 1 is 1.29 bits per heavy atom. The molecule has 2 rings (SSSR count). The van der Waals surface area contributed by atoms with Crippen molar-refractivity contribution in [1.29, 1.82) is 0 Å². The van der Waals surface area contributed by atoms with Crippen LogP contribution in [0.2, 0.25) is 0 Å². The molecule has 2 aromatic rings. The summed E-state index contributed by atoms with van der Waals surface area (Å²) in [6.07, 6.45) is 0. The van der Waals surface area contributed by atoms with Crippen LogP contribution in [0, 0.1) is 13.8 Å².